The standard InChI is InChI=1S/C13H18N2O/c1-3-4-7-10(14)13-15-12-9(2)6-5-8-11(12)16-13/h5-6,8,10H,3-4,7,14H2,1-2H3. The molecule has 2 aromatic rings. The molecule has 16 heavy (non-hydrogen) atoms. The van der Waals surface area contributed by atoms with Gasteiger partial charge in [-0.2, -0.15) is 0 Å². The highest BCUT2D eigenvalue weighted by Gasteiger charge is 2.14. The van der Waals surface area contributed by atoms with Crippen molar-refractivity contribution in [3.63, 3.8) is 0 Å². The Balaban J connectivity index is 2.29. The van der Waals surface area contributed by atoms with Crippen LogP contribution in [-0.2, 0) is 0 Å². The number of aromatic nitrogens is 1. The minimum atomic E-state index is -0.0771. The largest absolute Gasteiger partial charge is 0.439 e. The molecule has 0 saturated carbocycles. The van der Waals surface area contributed by atoms with E-state index in [1.165, 1.54) is 0 Å². The molecule has 0 aliphatic heterocycles. The van der Waals surface area contributed by atoms with Crippen LogP contribution in [0.5, 0.6) is 0 Å². The third-order valence-electron chi connectivity index (χ3n) is 2.82. The highest BCUT2D eigenvalue weighted by atomic mass is 16.3. The van der Waals surface area contributed by atoms with E-state index in [0.29, 0.717) is 5.89 Å². The fourth-order valence-electron chi connectivity index (χ4n) is 1.81. The molecule has 0 aliphatic carbocycles. The highest BCUT2D eigenvalue weighted by Crippen LogP contribution is 2.23. The van der Waals surface area contributed by atoms with Crippen molar-refractivity contribution in [1.82, 2.24) is 4.98 Å². The minimum Gasteiger partial charge on any atom is -0.439 e. The maximum atomic E-state index is 6.04. The Morgan fingerprint density at radius 2 is 2.25 bits per heavy atom. The summed E-state index contributed by atoms with van der Waals surface area (Å²) in [6, 6.07) is 5.87. The molecule has 0 bridgehead atoms. The maximum Gasteiger partial charge on any atom is 0.212 e. The van der Waals surface area contributed by atoms with Gasteiger partial charge in [0.2, 0.25) is 5.89 Å². The van der Waals surface area contributed by atoms with Crippen molar-refractivity contribution in [2.45, 2.75) is 39.2 Å². The first-order valence-corrected chi connectivity index (χ1v) is 5.84. The highest BCUT2D eigenvalue weighted by molar-refractivity contribution is 5.76. The molecule has 0 saturated heterocycles. The van der Waals surface area contributed by atoms with Crippen LogP contribution >= 0.6 is 0 Å². The Kier molecular flexibility index (Phi) is 3.25. The number of benzene rings is 1. The Morgan fingerprint density at radius 3 is 2.94 bits per heavy atom. The summed E-state index contributed by atoms with van der Waals surface area (Å²) in [4.78, 5) is 4.47. The quantitative estimate of drug-likeness (QED) is 0.856. The Labute approximate surface area is 95.7 Å². The molecule has 86 valence electrons. The van der Waals surface area contributed by atoms with E-state index in [1.807, 2.05) is 25.1 Å². The zero-order chi connectivity index (χ0) is 11.5. The monoisotopic (exact) mass is 218 g/mol. The minimum absolute atomic E-state index is 0.0771. The summed E-state index contributed by atoms with van der Waals surface area (Å²) < 4.78 is 5.67. The van der Waals surface area contributed by atoms with Crippen LogP contribution in [0.2, 0.25) is 0 Å². The number of hydrogen-bond acceptors (Lipinski definition) is 3. The van der Waals surface area contributed by atoms with E-state index in [0.717, 1.165) is 35.9 Å². The number of aryl methyl sites for hydroxylation is 1. The summed E-state index contributed by atoms with van der Waals surface area (Å²) in [6.07, 6.45) is 3.19. The van der Waals surface area contributed by atoms with Gasteiger partial charge in [-0.15, -0.1) is 0 Å². The number of rotatable bonds is 4. The Morgan fingerprint density at radius 1 is 1.44 bits per heavy atom. The van der Waals surface area contributed by atoms with Crippen LogP contribution < -0.4 is 5.73 Å². The van der Waals surface area contributed by atoms with E-state index in [4.69, 9.17) is 10.2 Å². The molecule has 2 N–H and O–H groups in total. The smallest absolute Gasteiger partial charge is 0.212 e. The van der Waals surface area contributed by atoms with E-state index in [9.17, 15) is 0 Å². The third-order valence-corrected chi connectivity index (χ3v) is 2.82. The van der Waals surface area contributed by atoms with Gasteiger partial charge in [0.05, 0.1) is 6.04 Å². The van der Waals surface area contributed by atoms with Crippen molar-refractivity contribution >= 4 is 11.1 Å². The van der Waals surface area contributed by atoms with Crippen LogP contribution in [-0.4, -0.2) is 4.98 Å². The van der Waals surface area contributed by atoms with Gasteiger partial charge in [0.15, 0.2) is 5.58 Å². The number of para-hydroxylation sites is 1. The Bertz CT molecular complexity index is 476. The van der Waals surface area contributed by atoms with Gasteiger partial charge in [0.25, 0.3) is 0 Å². The molecule has 1 atom stereocenters. The summed E-state index contributed by atoms with van der Waals surface area (Å²) in [6.45, 7) is 4.19. The van der Waals surface area contributed by atoms with Crippen LogP contribution in [0.1, 0.15) is 43.7 Å². The number of nitrogens with two attached hydrogens (primary N) is 1. The van der Waals surface area contributed by atoms with Crippen molar-refractivity contribution in [3.8, 4) is 0 Å². The summed E-state index contributed by atoms with van der Waals surface area (Å²) in [7, 11) is 0. The van der Waals surface area contributed by atoms with Gasteiger partial charge in [0.1, 0.15) is 5.52 Å². The van der Waals surface area contributed by atoms with Gasteiger partial charge in [-0.3, -0.25) is 0 Å². The van der Waals surface area contributed by atoms with Gasteiger partial charge in [-0.25, -0.2) is 4.98 Å². The van der Waals surface area contributed by atoms with Crippen molar-refractivity contribution in [3.05, 3.63) is 29.7 Å². The molecule has 0 amide bonds. The zero-order valence-corrected chi connectivity index (χ0v) is 9.86. The van der Waals surface area contributed by atoms with E-state index >= 15 is 0 Å². The maximum absolute atomic E-state index is 6.04. The number of oxazole rings is 1. The van der Waals surface area contributed by atoms with Crippen LogP contribution in [0.25, 0.3) is 11.1 Å². The second-order valence-corrected chi connectivity index (χ2v) is 4.22. The third kappa shape index (κ3) is 2.09. The van der Waals surface area contributed by atoms with Crippen LogP contribution in [0, 0.1) is 6.92 Å². The van der Waals surface area contributed by atoms with Crippen molar-refractivity contribution < 1.29 is 4.42 Å². The second-order valence-electron chi connectivity index (χ2n) is 4.22. The summed E-state index contributed by atoms with van der Waals surface area (Å²) >= 11 is 0. The molecule has 0 aliphatic rings. The topological polar surface area (TPSA) is 52.0 Å². The first-order chi connectivity index (χ1) is 7.72. The van der Waals surface area contributed by atoms with E-state index in [-0.39, 0.29) is 6.04 Å². The van der Waals surface area contributed by atoms with Gasteiger partial charge in [-0.1, -0.05) is 31.9 Å². The van der Waals surface area contributed by atoms with Crippen molar-refractivity contribution in [1.29, 1.82) is 0 Å². The summed E-state index contributed by atoms with van der Waals surface area (Å²) in [5.74, 6) is 0.665. The number of hydrogen-bond donors (Lipinski definition) is 1. The number of fused-ring (bicyclic) bond motifs is 1. The lowest BCUT2D eigenvalue weighted by atomic mass is 10.1. The molecule has 0 spiro atoms. The van der Waals surface area contributed by atoms with Crippen LogP contribution in [0.4, 0.5) is 0 Å². The zero-order valence-electron chi connectivity index (χ0n) is 9.86. The lowest BCUT2D eigenvalue weighted by Gasteiger charge is -2.04. The fourth-order valence-corrected chi connectivity index (χ4v) is 1.81. The fraction of sp³-hybridized carbons (Fsp3) is 0.462. The lowest BCUT2D eigenvalue weighted by Crippen LogP contribution is -2.10. The Hall–Kier alpha value is -1.35. The van der Waals surface area contributed by atoms with Crippen LogP contribution in [0.15, 0.2) is 22.6 Å². The molecule has 2 rings (SSSR count). The number of unbranched alkanes of at least 4 members (excludes halogenated alkanes) is 1. The molecule has 1 unspecified atom stereocenters. The lowest BCUT2D eigenvalue weighted by molar-refractivity contribution is 0.450. The predicted octanol–water partition coefficient (Wildman–Crippen LogP) is 3.33. The van der Waals surface area contributed by atoms with Gasteiger partial charge < -0.3 is 10.2 Å². The molecule has 1 aromatic heterocycles. The predicted molar refractivity (Wildman–Crippen MR) is 65.2 cm³/mol. The SMILES string of the molecule is CCCCC(N)c1nc2c(C)cccc2o1. The normalized spacial score (nSPS) is 13.2. The average molecular weight is 218 g/mol. The molecule has 0 fully saturated rings. The molecule has 3 nitrogen and oxygen atoms in total. The van der Waals surface area contributed by atoms with Crippen molar-refractivity contribution in [2.75, 3.05) is 0 Å². The molecule has 3 heteroatoms. The molecule has 1 heterocycles. The van der Waals surface area contributed by atoms with Gasteiger partial charge in [-0.05, 0) is 25.0 Å². The van der Waals surface area contributed by atoms with Crippen LogP contribution in [0.3, 0.4) is 0 Å². The summed E-state index contributed by atoms with van der Waals surface area (Å²) in [5.41, 5.74) is 8.94. The molecule has 0 radical (unpaired) electrons. The summed E-state index contributed by atoms with van der Waals surface area (Å²) in [5, 5.41) is 0. The first-order valence-electron chi connectivity index (χ1n) is 5.84. The second kappa shape index (κ2) is 4.66. The van der Waals surface area contributed by atoms with E-state index < -0.39 is 0 Å². The molecular weight excluding hydrogens is 200 g/mol. The number of nitrogens with zero attached hydrogens (tertiary/aromatic N) is 1. The first kappa shape index (κ1) is 11.1. The van der Waals surface area contributed by atoms with Gasteiger partial charge in [0, 0.05) is 0 Å². The average Bonchev–Trinajstić information content (AvgIpc) is 2.71. The van der Waals surface area contributed by atoms with E-state index in [1.54, 1.807) is 0 Å². The molecule has 1 aromatic carbocycles. The van der Waals surface area contributed by atoms with Crippen molar-refractivity contribution in [2.24, 2.45) is 5.73 Å². The van der Waals surface area contributed by atoms with E-state index in [2.05, 4.69) is 11.9 Å². The molecular formula is C13H18N2O. The van der Waals surface area contributed by atoms with Gasteiger partial charge >= 0.3 is 0 Å².